The van der Waals surface area contributed by atoms with Crippen molar-refractivity contribution >= 4 is 5.95 Å². The van der Waals surface area contributed by atoms with Crippen LogP contribution in [0.3, 0.4) is 0 Å². The molecule has 3 aromatic rings. The molecule has 3 rings (SSSR count). The first kappa shape index (κ1) is 16.0. The summed E-state index contributed by atoms with van der Waals surface area (Å²) >= 11 is 0. The monoisotopic (exact) mass is 326 g/mol. The number of aryl methyl sites for hydroxylation is 1. The zero-order chi connectivity index (χ0) is 17.1. The van der Waals surface area contributed by atoms with Gasteiger partial charge in [0.2, 0.25) is 5.95 Å². The molecule has 0 saturated carbocycles. The summed E-state index contributed by atoms with van der Waals surface area (Å²) in [5, 5.41) is 2.96. The Kier molecular flexibility index (Phi) is 4.46. The minimum atomic E-state index is -0.489. The van der Waals surface area contributed by atoms with E-state index in [1.165, 1.54) is 12.1 Å². The second kappa shape index (κ2) is 6.70. The van der Waals surface area contributed by atoms with E-state index in [9.17, 15) is 8.78 Å². The number of nitrogens with one attached hydrogen (secondary N) is 1. The third-order valence-electron chi connectivity index (χ3n) is 3.67. The zero-order valence-corrected chi connectivity index (χ0v) is 13.3. The Hall–Kier alpha value is -2.89. The number of rotatable bonds is 4. The van der Waals surface area contributed by atoms with Gasteiger partial charge < -0.3 is 5.32 Å². The number of hydrogen-bond acceptors (Lipinski definition) is 4. The standard InChI is InChI=1S/C18H16F2N4/c1-11-8-13(4-7-21-11)15-10-16(19)14(9-17(15)20)12(2)24-18-22-5-3-6-23-18/h3-10,12H,1-2H3,(H,22,23,24)/t12-/m0/s1. The maximum atomic E-state index is 14.5. The molecule has 0 unspecified atom stereocenters. The smallest absolute Gasteiger partial charge is 0.223 e. The third-order valence-corrected chi connectivity index (χ3v) is 3.67. The highest BCUT2D eigenvalue weighted by atomic mass is 19.1. The molecule has 1 atom stereocenters. The molecule has 0 bridgehead atoms. The summed E-state index contributed by atoms with van der Waals surface area (Å²) in [5.74, 6) is -0.616. The summed E-state index contributed by atoms with van der Waals surface area (Å²) in [4.78, 5) is 12.1. The van der Waals surface area contributed by atoms with Crippen molar-refractivity contribution < 1.29 is 8.78 Å². The average Bonchev–Trinajstić information content (AvgIpc) is 2.57. The van der Waals surface area contributed by atoms with Crippen LogP contribution in [0.1, 0.15) is 24.2 Å². The molecule has 1 aromatic carbocycles. The predicted octanol–water partition coefficient (Wildman–Crippen LogP) is 4.30. The fourth-order valence-electron chi connectivity index (χ4n) is 2.47. The van der Waals surface area contributed by atoms with Gasteiger partial charge in [-0.05, 0) is 49.7 Å². The van der Waals surface area contributed by atoms with Gasteiger partial charge in [-0.25, -0.2) is 18.7 Å². The molecule has 24 heavy (non-hydrogen) atoms. The Morgan fingerprint density at radius 1 is 0.958 bits per heavy atom. The van der Waals surface area contributed by atoms with Crippen molar-refractivity contribution in [1.82, 2.24) is 15.0 Å². The van der Waals surface area contributed by atoms with E-state index in [0.717, 1.165) is 5.69 Å². The van der Waals surface area contributed by atoms with Gasteiger partial charge in [0.05, 0.1) is 6.04 Å². The highest BCUT2D eigenvalue weighted by Gasteiger charge is 2.17. The van der Waals surface area contributed by atoms with Crippen LogP contribution in [-0.4, -0.2) is 15.0 Å². The molecule has 0 saturated heterocycles. The SMILES string of the molecule is Cc1cc(-c2cc(F)c([C@H](C)Nc3ncccn3)cc2F)ccn1. The maximum Gasteiger partial charge on any atom is 0.223 e. The van der Waals surface area contributed by atoms with Crippen molar-refractivity contribution in [3.8, 4) is 11.1 Å². The summed E-state index contributed by atoms with van der Waals surface area (Å²) in [6.07, 6.45) is 4.73. The van der Waals surface area contributed by atoms with Gasteiger partial charge in [0, 0.05) is 35.4 Å². The molecule has 0 aliphatic rings. The van der Waals surface area contributed by atoms with Crippen molar-refractivity contribution in [1.29, 1.82) is 0 Å². The molecule has 0 fully saturated rings. The lowest BCUT2D eigenvalue weighted by atomic mass is 10.00. The van der Waals surface area contributed by atoms with Gasteiger partial charge in [-0.3, -0.25) is 4.98 Å². The summed E-state index contributed by atoms with van der Waals surface area (Å²) in [6.45, 7) is 3.53. The van der Waals surface area contributed by atoms with Crippen LogP contribution in [0.4, 0.5) is 14.7 Å². The second-order valence-corrected chi connectivity index (χ2v) is 5.48. The van der Waals surface area contributed by atoms with E-state index < -0.39 is 17.7 Å². The lowest BCUT2D eigenvalue weighted by molar-refractivity contribution is 0.579. The third kappa shape index (κ3) is 3.37. The van der Waals surface area contributed by atoms with Crippen LogP contribution in [0.15, 0.2) is 48.9 Å². The van der Waals surface area contributed by atoms with E-state index >= 15 is 0 Å². The highest BCUT2D eigenvalue weighted by molar-refractivity contribution is 5.65. The number of pyridine rings is 1. The number of hydrogen-bond donors (Lipinski definition) is 1. The van der Waals surface area contributed by atoms with Gasteiger partial charge in [-0.15, -0.1) is 0 Å². The number of halogens is 2. The van der Waals surface area contributed by atoms with Crippen molar-refractivity contribution in [2.45, 2.75) is 19.9 Å². The number of anilines is 1. The van der Waals surface area contributed by atoms with E-state index in [1.807, 2.05) is 0 Å². The van der Waals surface area contributed by atoms with Crippen molar-refractivity contribution in [3.63, 3.8) is 0 Å². The molecule has 122 valence electrons. The van der Waals surface area contributed by atoms with Crippen LogP contribution in [0, 0.1) is 18.6 Å². The van der Waals surface area contributed by atoms with E-state index in [-0.39, 0.29) is 11.1 Å². The van der Waals surface area contributed by atoms with Gasteiger partial charge in [0.1, 0.15) is 11.6 Å². The molecule has 0 radical (unpaired) electrons. The fraction of sp³-hybridized carbons (Fsp3) is 0.167. The van der Waals surface area contributed by atoms with Gasteiger partial charge in [-0.1, -0.05) is 0 Å². The van der Waals surface area contributed by atoms with Crippen molar-refractivity contribution in [3.05, 3.63) is 71.8 Å². The number of nitrogens with zero attached hydrogens (tertiary/aromatic N) is 3. The topological polar surface area (TPSA) is 50.7 Å². The molecule has 0 spiro atoms. The van der Waals surface area contributed by atoms with Gasteiger partial charge in [0.15, 0.2) is 0 Å². The summed E-state index contributed by atoms with van der Waals surface area (Å²) in [6, 6.07) is 7.00. The van der Waals surface area contributed by atoms with Gasteiger partial charge in [0.25, 0.3) is 0 Å². The average molecular weight is 326 g/mol. The van der Waals surface area contributed by atoms with Crippen molar-refractivity contribution in [2.75, 3.05) is 5.32 Å². The van der Waals surface area contributed by atoms with E-state index in [4.69, 9.17) is 0 Å². The van der Waals surface area contributed by atoms with Crippen LogP contribution < -0.4 is 5.32 Å². The molecule has 4 nitrogen and oxygen atoms in total. The van der Waals surface area contributed by atoms with E-state index in [1.54, 1.807) is 50.6 Å². The van der Waals surface area contributed by atoms with Crippen LogP contribution in [0.25, 0.3) is 11.1 Å². The Bertz CT molecular complexity index is 853. The Morgan fingerprint density at radius 3 is 2.42 bits per heavy atom. The number of aromatic nitrogens is 3. The Labute approximate surface area is 138 Å². The fourth-order valence-corrected chi connectivity index (χ4v) is 2.47. The van der Waals surface area contributed by atoms with Crippen LogP contribution in [0.2, 0.25) is 0 Å². The molecule has 0 aliphatic carbocycles. The first-order valence-electron chi connectivity index (χ1n) is 7.50. The lowest BCUT2D eigenvalue weighted by Crippen LogP contribution is -2.11. The molecule has 0 aliphatic heterocycles. The normalized spacial score (nSPS) is 12.0. The molecular weight excluding hydrogens is 310 g/mol. The first-order valence-corrected chi connectivity index (χ1v) is 7.50. The predicted molar refractivity (Wildman–Crippen MR) is 88.4 cm³/mol. The van der Waals surface area contributed by atoms with Crippen LogP contribution in [0.5, 0.6) is 0 Å². The summed E-state index contributed by atoms with van der Waals surface area (Å²) in [7, 11) is 0. The Morgan fingerprint density at radius 2 is 1.71 bits per heavy atom. The van der Waals surface area contributed by atoms with E-state index in [0.29, 0.717) is 11.5 Å². The van der Waals surface area contributed by atoms with E-state index in [2.05, 4.69) is 20.3 Å². The van der Waals surface area contributed by atoms with Crippen LogP contribution >= 0.6 is 0 Å². The lowest BCUT2D eigenvalue weighted by Gasteiger charge is -2.16. The molecule has 0 amide bonds. The summed E-state index contributed by atoms with van der Waals surface area (Å²) < 4.78 is 29.0. The quantitative estimate of drug-likeness (QED) is 0.777. The molecule has 6 heteroatoms. The second-order valence-electron chi connectivity index (χ2n) is 5.48. The molecular formula is C18H16F2N4. The molecule has 2 heterocycles. The minimum absolute atomic E-state index is 0.213. The van der Waals surface area contributed by atoms with Gasteiger partial charge >= 0.3 is 0 Å². The molecule has 2 aromatic heterocycles. The molecule has 1 N–H and O–H groups in total. The van der Waals surface area contributed by atoms with Crippen molar-refractivity contribution in [2.24, 2.45) is 0 Å². The Balaban J connectivity index is 1.92. The first-order chi connectivity index (χ1) is 11.5. The minimum Gasteiger partial charge on any atom is -0.348 e. The van der Waals surface area contributed by atoms with Crippen LogP contribution in [-0.2, 0) is 0 Å². The highest BCUT2D eigenvalue weighted by Crippen LogP contribution is 2.29. The van der Waals surface area contributed by atoms with Gasteiger partial charge in [-0.2, -0.15) is 0 Å². The zero-order valence-electron chi connectivity index (χ0n) is 13.3. The maximum absolute atomic E-state index is 14.5. The largest absolute Gasteiger partial charge is 0.348 e. The number of benzene rings is 1. The summed E-state index contributed by atoms with van der Waals surface area (Å²) in [5.41, 5.74) is 1.77.